The Labute approximate surface area is 139 Å². The fourth-order valence-corrected chi connectivity index (χ4v) is 3.11. The van der Waals surface area contributed by atoms with Gasteiger partial charge in [0.25, 0.3) is 5.78 Å². The van der Waals surface area contributed by atoms with Crippen LogP contribution in [0.3, 0.4) is 0 Å². The lowest BCUT2D eigenvalue weighted by Crippen LogP contribution is -2.24. The first-order valence-electron chi connectivity index (χ1n) is 7.97. The maximum atomic E-state index is 11.9. The van der Waals surface area contributed by atoms with Crippen molar-refractivity contribution in [3.8, 4) is 0 Å². The minimum atomic E-state index is 0.202. The summed E-state index contributed by atoms with van der Waals surface area (Å²) in [6, 6.07) is 7.94. The number of hydrogen-bond donors (Lipinski definition) is 1. The minimum Gasteiger partial charge on any atom is -0.340 e. The second kappa shape index (κ2) is 5.59. The zero-order chi connectivity index (χ0) is 16.7. The molecule has 1 N–H and O–H groups in total. The molecule has 0 saturated carbocycles. The highest BCUT2D eigenvalue weighted by Gasteiger charge is 2.22. The molecule has 1 fully saturated rings. The van der Waals surface area contributed by atoms with Gasteiger partial charge in [-0.05, 0) is 44.0 Å². The largest absolute Gasteiger partial charge is 0.340 e. The molecule has 0 aliphatic carbocycles. The molecule has 4 rings (SSSR count). The van der Waals surface area contributed by atoms with Gasteiger partial charge in [0.05, 0.1) is 0 Å². The molecule has 122 valence electrons. The molecule has 7 heteroatoms. The predicted octanol–water partition coefficient (Wildman–Crippen LogP) is 2.61. The van der Waals surface area contributed by atoms with E-state index < -0.39 is 0 Å². The number of fused-ring (bicyclic) bond motifs is 1. The number of hydrogen-bond acceptors (Lipinski definition) is 5. The van der Waals surface area contributed by atoms with E-state index in [2.05, 4.69) is 20.4 Å². The maximum Gasteiger partial charge on any atom is 0.254 e. The highest BCUT2D eigenvalue weighted by atomic mass is 16.2. The summed E-state index contributed by atoms with van der Waals surface area (Å²) in [5.41, 5.74) is 3.86. The smallest absolute Gasteiger partial charge is 0.254 e. The van der Waals surface area contributed by atoms with E-state index in [0.29, 0.717) is 12.2 Å². The molecule has 1 aromatic carbocycles. The fourth-order valence-electron chi connectivity index (χ4n) is 3.11. The van der Waals surface area contributed by atoms with Gasteiger partial charge in [0.2, 0.25) is 5.91 Å². The van der Waals surface area contributed by atoms with Crippen molar-refractivity contribution in [2.45, 2.75) is 26.7 Å². The third-order valence-corrected chi connectivity index (χ3v) is 4.21. The van der Waals surface area contributed by atoms with Gasteiger partial charge in [-0.15, -0.1) is 0 Å². The van der Waals surface area contributed by atoms with Gasteiger partial charge in [-0.2, -0.15) is 14.6 Å². The van der Waals surface area contributed by atoms with Gasteiger partial charge >= 0.3 is 0 Å². The Morgan fingerprint density at radius 3 is 2.83 bits per heavy atom. The number of carbonyl (C=O) groups excluding carboxylic acids is 1. The third kappa shape index (κ3) is 2.47. The lowest BCUT2D eigenvalue weighted by Gasteiger charge is -2.19. The summed E-state index contributed by atoms with van der Waals surface area (Å²) < 4.78 is 1.67. The summed E-state index contributed by atoms with van der Waals surface area (Å²) in [6.45, 7) is 4.75. The summed E-state index contributed by atoms with van der Waals surface area (Å²) in [6.07, 6.45) is 3.05. The van der Waals surface area contributed by atoms with Crippen molar-refractivity contribution in [2.24, 2.45) is 0 Å². The summed E-state index contributed by atoms with van der Waals surface area (Å²) >= 11 is 0. The van der Waals surface area contributed by atoms with Crippen LogP contribution in [-0.4, -0.2) is 32.0 Å². The SMILES string of the molecule is Cc1cc(Nc2ccc(N3CCCC3=O)c(C)c2)n2ncnc2n1. The average Bonchev–Trinajstić information content (AvgIpc) is 3.16. The van der Waals surface area contributed by atoms with Crippen molar-refractivity contribution in [3.05, 3.63) is 41.9 Å². The molecule has 1 saturated heterocycles. The van der Waals surface area contributed by atoms with Crippen molar-refractivity contribution < 1.29 is 4.79 Å². The molecule has 1 amide bonds. The molecule has 1 aliphatic rings. The van der Waals surface area contributed by atoms with Gasteiger partial charge in [0, 0.05) is 36.1 Å². The van der Waals surface area contributed by atoms with Crippen LogP contribution >= 0.6 is 0 Å². The lowest BCUT2D eigenvalue weighted by molar-refractivity contribution is -0.117. The molecule has 0 bridgehead atoms. The second-order valence-electron chi connectivity index (χ2n) is 6.03. The molecule has 0 unspecified atom stereocenters. The molecule has 7 nitrogen and oxygen atoms in total. The number of aryl methyl sites for hydroxylation is 2. The number of nitrogens with one attached hydrogen (secondary N) is 1. The Balaban J connectivity index is 1.66. The van der Waals surface area contributed by atoms with Crippen molar-refractivity contribution >= 4 is 28.9 Å². The summed E-state index contributed by atoms with van der Waals surface area (Å²) in [7, 11) is 0. The van der Waals surface area contributed by atoms with E-state index in [4.69, 9.17) is 0 Å². The topological polar surface area (TPSA) is 75.4 Å². The molecule has 0 spiro atoms. The molecule has 3 aromatic rings. The van der Waals surface area contributed by atoms with Gasteiger partial charge in [-0.25, -0.2) is 4.98 Å². The number of benzene rings is 1. The number of amides is 1. The Hall–Kier alpha value is -2.96. The number of aromatic nitrogens is 4. The van der Waals surface area contributed by atoms with Crippen LogP contribution in [0.2, 0.25) is 0 Å². The quantitative estimate of drug-likeness (QED) is 0.802. The van der Waals surface area contributed by atoms with Crippen molar-refractivity contribution in [2.75, 3.05) is 16.8 Å². The van der Waals surface area contributed by atoms with Crippen LogP contribution in [0, 0.1) is 13.8 Å². The van der Waals surface area contributed by atoms with E-state index in [0.717, 1.165) is 41.4 Å². The molecule has 2 aromatic heterocycles. The van der Waals surface area contributed by atoms with E-state index in [1.54, 1.807) is 4.52 Å². The Bertz CT molecular complexity index is 932. The van der Waals surface area contributed by atoms with Crippen molar-refractivity contribution in [1.82, 2.24) is 19.6 Å². The van der Waals surface area contributed by atoms with E-state index in [9.17, 15) is 4.79 Å². The normalized spacial score (nSPS) is 14.6. The molecule has 0 radical (unpaired) electrons. The van der Waals surface area contributed by atoms with Crippen molar-refractivity contribution in [3.63, 3.8) is 0 Å². The highest BCUT2D eigenvalue weighted by Crippen LogP contribution is 2.28. The first kappa shape index (κ1) is 14.6. The molecular formula is C17H18N6O. The lowest BCUT2D eigenvalue weighted by atomic mass is 10.1. The highest BCUT2D eigenvalue weighted by molar-refractivity contribution is 5.96. The maximum absolute atomic E-state index is 11.9. The Morgan fingerprint density at radius 1 is 1.21 bits per heavy atom. The third-order valence-electron chi connectivity index (χ3n) is 4.21. The fraction of sp³-hybridized carbons (Fsp3) is 0.294. The van der Waals surface area contributed by atoms with Crippen LogP contribution < -0.4 is 10.2 Å². The summed E-state index contributed by atoms with van der Waals surface area (Å²) in [5.74, 6) is 1.57. The Kier molecular flexibility index (Phi) is 3.41. The first-order valence-corrected chi connectivity index (χ1v) is 7.97. The van der Waals surface area contributed by atoms with E-state index in [1.165, 1.54) is 6.33 Å². The summed E-state index contributed by atoms with van der Waals surface area (Å²) in [5, 5.41) is 7.56. The van der Waals surface area contributed by atoms with Gasteiger partial charge in [-0.3, -0.25) is 4.79 Å². The molecule has 0 atom stereocenters. The van der Waals surface area contributed by atoms with Gasteiger partial charge < -0.3 is 10.2 Å². The second-order valence-corrected chi connectivity index (χ2v) is 6.03. The molecule has 24 heavy (non-hydrogen) atoms. The van der Waals surface area contributed by atoms with Crippen LogP contribution in [0.5, 0.6) is 0 Å². The molecular weight excluding hydrogens is 304 g/mol. The van der Waals surface area contributed by atoms with Crippen LogP contribution in [0.4, 0.5) is 17.2 Å². The monoisotopic (exact) mass is 322 g/mol. The number of rotatable bonds is 3. The number of carbonyl (C=O) groups is 1. The van der Waals surface area contributed by atoms with E-state index in [-0.39, 0.29) is 5.91 Å². The van der Waals surface area contributed by atoms with Crippen LogP contribution in [0.15, 0.2) is 30.6 Å². The number of anilines is 3. The standard InChI is InChI=1S/C17H18N6O/c1-11-8-13(5-6-14(11)22-7-3-4-16(22)24)21-15-9-12(2)20-17-18-10-19-23(15)17/h5-6,8-10,21H,3-4,7H2,1-2H3. The molecule has 3 heterocycles. The first-order chi connectivity index (χ1) is 11.6. The number of nitrogens with zero attached hydrogens (tertiary/aromatic N) is 5. The van der Waals surface area contributed by atoms with Crippen LogP contribution in [-0.2, 0) is 4.79 Å². The van der Waals surface area contributed by atoms with E-state index in [1.807, 2.05) is 43.0 Å². The van der Waals surface area contributed by atoms with Gasteiger partial charge in [-0.1, -0.05) is 0 Å². The predicted molar refractivity (Wildman–Crippen MR) is 91.6 cm³/mol. The van der Waals surface area contributed by atoms with Gasteiger partial charge in [0.1, 0.15) is 12.1 Å². The van der Waals surface area contributed by atoms with E-state index >= 15 is 0 Å². The van der Waals surface area contributed by atoms with Crippen LogP contribution in [0.25, 0.3) is 5.78 Å². The van der Waals surface area contributed by atoms with Gasteiger partial charge in [0.15, 0.2) is 0 Å². The summed E-state index contributed by atoms with van der Waals surface area (Å²) in [4.78, 5) is 22.3. The average molecular weight is 322 g/mol. The minimum absolute atomic E-state index is 0.202. The van der Waals surface area contributed by atoms with Crippen LogP contribution in [0.1, 0.15) is 24.1 Å². The zero-order valence-electron chi connectivity index (χ0n) is 13.7. The zero-order valence-corrected chi connectivity index (χ0v) is 13.7. The van der Waals surface area contributed by atoms with Crippen molar-refractivity contribution in [1.29, 1.82) is 0 Å². The Morgan fingerprint density at radius 2 is 2.08 bits per heavy atom. The molecule has 1 aliphatic heterocycles.